The molecule has 70 valence electrons. The molecule has 0 radical (unpaired) electrons. The molecule has 0 aromatic carbocycles. The fourth-order valence-electron chi connectivity index (χ4n) is 0.895. The van der Waals surface area contributed by atoms with Crippen molar-refractivity contribution < 1.29 is 39.5 Å². The van der Waals surface area contributed by atoms with E-state index in [1.54, 1.807) is 0 Å². The smallest absolute Gasteiger partial charge is 0.480 e. The van der Waals surface area contributed by atoms with E-state index in [9.17, 15) is 4.79 Å². The molecule has 4 nitrogen and oxygen atoms in total. The minimum absolute atomic E-state index is 0. The van der Waals surface area contributed by atoms with Gasteiger partial charge in [0.2, 0.25) is 0 Å². The molecule has 1 atom stereocenters. The third-order valence-electron chi connectivity index (χ3n) is 1.36. The maximum Gasteiger partial charge on any atom is 1.00 e. The van der Waals surface area contributed by atoms with Crippen LogP contribution in [-0.4, -0.2) is 28.0 Å². The quantitative estimate of drug-likeness (QED) is 0.248. The van der Waals surface area contributed by atoms with Crippen LogP contribution in [0.25, 0.3) is 0 Å². The van der Waals surface area contributed by atoms with Crippen LogP contribution in [0.15, 0.2) is 0 Å². The molecule has 1 rings (SSSR count). The minimum atomic E-state index is -0.720. The average molecular weight is 230 g/mol. The molecular formula is C6H11N2NaO2S2. The number of carbonyl (C=O) groups is 1. The van der Waals surface area contributed by atoms with Crippen molar-refractivity contribution in [1.82, 2.24) is 5.32 Å². The Kier molecular flexibility index (Phi) is 11.2. The molecule has 0 bridgehead atoms. The van der Waals surface area contributed by atoms with Crippen LogP contribution in [0.3, 0.4) is 0 Å². The Balaban J connectivity index is 0. The predicted molar refractivity (Wildman–Crippen MR) is 52.8 cm³/mol. The molecule has 13 heavy (non-hydrogen) atoms. The topological polar surface area (TPSA) is 75.4 Å². The third-order valence-corrected chi connectivity index (χ3v) is 1.36. The van der Waals surface area contributed by atoms with Crippen molar-refractivity contribution in [3.8, 4) is 0 Å². The Morgan fingerprint density at radius 1 is 1.69 bits per heavy atom. The second-order valence-corrected chi connectivity index (χ2v) is 3.44. The number of hydrogen-bond donors (Lipinski definition) is 3. The first-order valence-corrected chi connectivity index (χ1v) is 4.28. The zero-order valence-corrected chi connectivity index (χ0v) is 11.1. The van der Waals surface area contributed by atoms with Gasteiger partial charge in [0.1, 0.15) is 6.04 Å². The Morgan fingerprint density at radius 2 is 2.15 bits per heavy atom. The molecule has 1 fully saturated rings. The van der Waals surface area contributed by atoms with E-state index in [0.29, 0.717) is 0 Å². The van der Waals surface area contributed by atoms with Crippen molar-refractivity contribution >= 4 is 35.1 Å². The summed E-state index contributed by atoms with van der Waals surface area (Å²) in [6.07, 6.45) is 1.78. The first-order chi connectivity index (χ1) is 5.54. The van der Waals surface area contributed by atoms with Gasteiger partial charge in [-0.25, -0.2) is 0 Å². The van der Waals surface area contributed by atoms with Gasteiger partial charge in [-0.15, -0.1) is 0 Å². The molecule has 0 aromatic heterocycles. The molecule has 0 aliphatic carbocycles. The summed E-state index contributed by atoms with van der Waals surface area (Å²) in [7, 11) is 0. The van der Waals surface area contributed by atoms with Gasteiger partial charge in [0, 0.05) is 0 Å². The Hall–Kier alpha value is 0.540. The van der Waals surface area contributed by atoms with Crippen molar-refractivity contribution in [2.24, 2.45) is 5.73 Å². The number of hydrogen-bond acceptors (Lipinski definition) is 4. The normalized spacial score (nSPS) is 19.2. The van der Waals surface area contributed by atoms with E-state index in [1.165, 1.54) is 0 Å². The Morgan fingerprint density at radius 3 is 2.31 bits per heavy atom. The molecule has 1 heterocycles. The van der Waals surface area contributed by atoms with Gasteiger partial charge in [0.15, 0.2) is 0 Å². The molecule has 0 saturated carbocycles. The molecular weight excluding hydrogens is 219 g/mol. The fraction of sp³-hybridized carbons (Fsp3) is 0.667. The van der Waals surface area contributed by atoms with E-state index >= 15 is 0 Å². The Bertz CT molecular complexity index is 170. The van der Waals surface area contributed by atoms with Crippen LogP contribution in [0, 0.1) is 0 Å². The van der Waals surface area contributed by atoms with Crippen LogP contribution in [0.5, 0.6) is 0 Å². The van der Waals surface area contributed by atoms with Gasteiger partial charge in [-0.05, 0) is 19.4 Å². The van der Waals surface area contributed by atoms with Crippen molar-refractivity contribution in [3.63, 3.8) is 0 Å². The van der Waals surface area contributed by atoms with Gasteiger partial charge < -0.3 is 41.0 Å². The van der Waals surface area contributed by atoms with E-state index in [0.717, 1.165) is 19.4 Å². The van der Waals surface area contributed by atoms with Crippen LogP contribution in [0.1, 0.15) is 12.8 Å². The van der Waals surface area contributed by atoms with E-state index in [-0.39, 0.29) is 39.9 Å². The molecule has 4 N–H and O–H groups in total. The third kappa shape index (κ3) is 10.5. The van der Waals surface area contributed by atoms with Crippen LogP contribution >= 0.6 is 12.2 Å². The summed E-state index contributed by atoms with van der Waals surface area (Å²) in [4.78, 5) is 10.1. The molecule has 1 aliphatic heterocycles. The standard InChI is InChI=1S/C5H9NO2.CH3NS2.Na/c7-5(8)4-2-1-3-6-4;2-1(3)4;/h4,6H,1-3H2,(H,7,8);(H3,2,3,4);/q;;+1/p-1/t4-;;/m0../s1. The summed E-state index contributed by atoms with van der Waals surface area (Å²) < 4.78 is 0.0833. The van der Waals surface area contributed by atoms with Gasteiger partial charge in [0.05, 0.1) is 0 Å². The first kappa shape index (κ1) is 16.0. The molecule has 1 aliphatic rings. The largest absolute Gasteiger partial charge is 1.00 e. The number of thiocarbonyl (C=S) groups is 1. The number of nitrogens with one attached hydrogen (secondary N) is 1. The summed E-state index contributed by atoms with van der Waals surface area (Å²) in [5.41, 5.74) is 4.66. The van der Waals surface area contributed by atoms with E-state index in [1.807, 2.05) is 0 Å². The van der Waals surface area contributed by atoms with Gasteiger partial charge >= 0.3 is 35.5 Å². The van der Waals surface area contributed by atoms with Crippen molar-refractivity contribution in [1.29, 1.82) is 0 Å². The van der Waals surface area contributed by atoms with Gasteiger partial charge in [0.25, 0.3) is 0 Å². The number of aliphatic carboxylic acids is 1. The minimum Gasteiger partial charge on any atom is -0.480 e. The second-order valence-electron chi connectivity index (χ2n) is 2.31. The SMILES string of the molecule is NC(=S)[S-].O=C(O)[C@@H]1CCCN1.[Na+]. The van der Waals surface area contributed by atoms with Crippen LogP contribution in [0.4, 0.5) is 0 Å². The van der Waals surface area contributed by atoms with Gasteiger partial charge in [-0.1, -0.05) is 4.32 Å². The molecule has 1 saturated heterocycles. The van der Waals surface area contributed by atoms with Crippen molar-refractivity contribution in [3.05, 3.63) is 0 Å². The zero-order chi connectivity index (χ0) is 9.56. The summed E-state index contributed by atoms with van der Waals surface area (Å²) in [6, 6.07) is -0.269. The maximum atomic E-state index is 10.1. The second kappa shape index (κ2) is 9.11. The maximum absolute atomic E-state index is 10.1. The number of rotatable bonds is 1. The van der Waals surface area contributed by atoms with E-state index in [4.69, 9.17) is 5.11 Å². The zero-order valence-electron chi connectivity index (χ0n) is 7.45. The van der Waals surface area contributed by atoms with Crippen LogP contribution in [0.2, 0.25) is 0 Å². The average Bonchev–Trinajstić information content (AvgIpc) is 2.34. The van der Waals surface area contributed by atoms with Gasteiger partial charge in [-0.3, -0.25) is 4.79 Å². The predicted octanol–water partition coefficient (Wildman–Crippen LogP) is -3.40. The number of carboxylic acids is 1. The van der Waals surface area contributed by atoms with Crippen LogP contribution < -0.4 is 40.6 Å². The first-order valence-electron chi connectivity index (χ1n) is 3.46. The van der Waals surface area contributed by atoms with E-state index < -0.39 is 5.97 Å². The molecule has 0 amide bonds. The van der Waals surface area contributed by atoms with Crippen molar-refractivity contribution in [2.45, 2.75) is 18.9 Å². The number of carboxylic acid groups (broad SMARTS) is 1. The molecule has 0 unspecified atom stereocenters. The van der Waals surface area contributed by atoms with Crippen molar-refractivity contribution in [2.75, 3.05) is 6.54 Å². The van der Waals surface area contributed by atoms with Crippen LogP contribution in [-0.2, 0) is 17.4 Å². The fourth-order valence-corrected chi connectivity index (χ4v) is 0.895. The Labute approximate surface area is 110 Å². The summed E-state index contributed by atoms with van der Waals surface area (Å²) in [5.74, 6) is -0.720. The molecule has 0 spiro atoms. The van der Waals surface area contributed by atoms with Gasteiger partial charge in [-0.2, -0.15) is 0 Å². The summed E-state index contributed by atoms with van der Waals surface area (Å²) in [5, 5.41) is 11.2. The monoisotopic (exact) mass is 230 g/mol. The van der Waals surface area contributed by atoms with E-state index in [2.05, 4.69) is 35.9 Å². The molecule has 7 heteroatoms. The number of nitrogens with two attached hydrogens (primary N) is 1. The summed E-state index contributed by atoms with van der Waals surface area (Å²) >= 11 is 8.26. The summed E-state index contributed by atoms with van der Waals surface area (Å²) in [6.45, 7) is 0.858. The molecule has 0 aromatic rings.